The Kier molecular flexibility index (Phi) is 5.95. The van der Waals surface area contributed by atoms with E-state index in [1.807, 2.05) is 13.8 Å². The van der Waals surface area contributed by atoms with E-state index in [0.29, 0.717) is 25.6 Å². The summed E-state index contributed by atoms with van der Waals surface area (Å²) in [4.78, 5) is 11.3. The van der Waals surface area contributed by atoms with E-state index in [-0.39, 0.29) is 5.91 Å². The van der Waals surface area contributed by atoms with Gasteiger partial charge >= 0.3 is 0 Å². The highest BCUT2D eigenvalue weighted by Gasteiger charge is 2.17. The molecule has 0 radical (unpaired) electrons. The average Bonchev–Trinajstić information content (AvgIpc) is 2.14. The molecule has 0 atom stereocenters. The fourth-order valence-corrected chi connectivity index (χ4v) is 0.922. The van der Waals surface area contributed by atoms with Gasteiger partial charge in [0.2, 0.25) is 5.91 Å². The standard InChI is InChI=1S/C11H21N3O/c1-9(2)13-6-5-10(15)14-8-11(3,4)7-12/h9,13H,5-6,8H2,1-4H3,(H,14,15). The molecule has 0 fully saturated rings. The molecular formula is C11H21N3O. The lowest BCUT2D eigenvalue weighted by Gasteiger charge is -2.16. The van der Waals surface area contributed by atoms with E-state index >= 15 is 0 Å². The number of nitrogens with zero attached hydrogens (tertiary/aromatic N) is 1. The molecule has 0 heterocycles. The van der Waals surface area contributed by atoms with Crippen LogP contribution in [0.5, 0.6) is 0 Å². The second-order valence-electron chi connectivity index (χ2n) is 4.63. The first-order valence-corrected chi connectivity index (χ1v) is 5.29. The summed E-state index contributed by atoms with van der Waals surface area (Å²) < 4.78 is 0. The van der Waals surface area contributed by atoms with Crippen molar-refractivity contribution in [1.29, 1.82) is 5.26 Å². The molecule has 0 bridgehead atoms. The largest absolute Gasteiger partial charge is 0.354 e. The van der Waals surface area contributed by atoms with Crippen LogP contribution in [0.15, 0.2) is 0 Å². The Morgan fingerprint density at radius 2 is 2.07 bits per heavy atom. The molecule has 4 heteroatoms. The number of carbonyl (C=O) groups is 1. The summed E-state index contributed by atoms with van der Waals surface area (Å²) in [6.07, 6.45) is 0.458. The highest BCUT2D eigenvalue weighted by Crippen LogP contribution is 2.10. The maximum Gasteiger partial charge on any atom is 0.221 e. The number of nitriles is 1. The van der Waals surface area contributed by atoms with Crippen LogP contribution in [0.2, 0.25) is 0 Å². The van der Waals surface area contributed by atoms with Crippen molar-refractivity contribution < 1.29 is 4.79 Å². The van der Waals surface area contributed by atoms with E-state index in [4.69, 9.17) is 5.26 Å². The zero-order valence-electron chi connectivity index (χ0n) is 10.1. The van der Waals surface area contributed by atoms with E-state index in [1.54, 1.807) is 13.8 Å². The summed E-state index contributed by atoms with van der Waals surface area (Å²) in [5.41, 5.74) is -0.485. The molecular weight excluding hydrogens is 190 g/mol. The summed E-state index contributed by atoms with van der Waals surface area (Å²) in [7, 11) is 0. The minimum absolute atomic E-state index is 0.00789. The van der Waals surface area contributed by atoms with Crippen LogP contribution < -0.4 is 10.6 Å². The van der Waals surface area contributed by atoms with E-state index in [1.165, 1.54) is 0 Å². The Bertz CT molecular complexity index is 241. The monoisotopic (exact) mass is 211 g/mol. The van der Waals surface area contributed by atoms with Gasteiger partial charge in [-0.2, -0.15) is 5.26 Å². The third-order valence-corrected chi connectivity index (χ3v) is 1.93. The molecule has 0 aromatic rings. The van der Waals surface area contributed by atoms with Crippen molar-refractivity contribution in [3.05, 3.63) is 0 Å². The fraction of sp³-hybridized carbons (Fsp3) is 0.818. The number of carbonyl (C=O) groups excluding carboxylic acids is 1. The van der Waals surface area contributed by atoms with Gasteiger partial charge in [-0.15, -0.1) is 0 Å². The third kappa shape index (κ3) is 7.95. The number of amides is 1. The fourth-order valence-electron chi connectivity index (χ4n) is 0.922. The molecule has 0 saturated heterocycles. The van der Waals surface area contributed by atoms with Crippen LogP contribution in [-0.2, 0) is 4.79 Å². The molecule has 0 aliphatic carbocycles. The third-order valence-electron chi connectivity index (χ3n) is 1.93. The lowest BCUT2D eigenvalue weighted by atomic mass is 9.96. The second-order valence-corrected chi connectivity index (χ2v) is 4.63. The highest BCUT2D eigenvalue weighted by molar-refractivity contribution is 5.76. The first-order valence-electron chi connectivity index (χ1n) is 5.29. The lowest BCUT2D eigenvalue weighted by molar-refractivity contribution is -0.121. The SMILES string of the molecule is CC(C)NCCC(=O)NCC(C)(C)C#N. The Morgan fingerprint density at radius 1 is 1.47 bits per heavy atom. The van der Waals surface area contributed by atoms with Gasteiger partial charge in [-0.05, 0) is 13.8 Å². The van der Waals surface area contributed by atoms with Gasteiger partial charge < -0.3 is 10.6 Å². The van der Waals surface area contributed by atoms with Crippen LogP contribution in [0.1, 0.15) is 34.1 Å². The first kappa shape index (κ1) is 13.9. The Balaban J connectivity index is 3.64. The average molecular weight is 211 g/mol. The van der Waals surface area contributed by atoms with Gasteiger partial charge in [0.25, 0.3) is 0 Å². The summed E-state index contributed by atoms with van der Waals surface area (Å²) in [5.74, 6) is -0.00789. The molecule has 0 spiro atoms. The van der Waals surface area contributed by atoms with Gasteiger partial charge in [-0.1, -0.05) is 13.8 Å². The van der Waals surface area contributed by atoms with E-state index in [9.17, 15) is 4.79 Å². The van der Waals surface area contributed by atoms with Crippen molar-refractivity contribution in [3.63, 3.8) is 0 Å². The number of nitrogens with one attached hydrogen (secondary N) is 2. The van der Waals surface area contributed by atoms with E-state index in [2.05, 4.69) is 16.7 Å². The van der Waals surface area contributed by atoms with Crippen molar-refractivity contribution in [3.8, 4) is 6.07 Å². The number of hydrogen-bond donors (Lipinski definition) is 2. The minimum Gasteiger partial charge on any atom is -0.354 e. The van der Waals surface area contributed by atoms with Crippen LogP contribution in [-0.4, -0.2) is 25.0 Å². The molecule has 86 valence electrons. The highest BCUT2D eigenvalue weighted by atomic mass is 16.1. The molecule has 15 heavy (non-hydrogen) atoms. The quantitative estimate of drug-likeness (QED) is 0.690. The van der Waals surface area contributed by atoms with Gasteiger partial charge in [-0.25, -0.2) is 0 Å². The molecule has 0 aliphatic heterocycles. The molecule has 0 aromatic carbocycles. The summed E-state index contributed by atoms with van der Waals surface area (Å²) >= 11 is 0. The maximum absolute atomic E-state index is 11.3. The van der Waals surface area contributed by atoms with Gasteiger partial charge in [0.05, 0.1) is 11.5 Å². The van der Waals surface area contributed by atoms with Crippen LogP contribution in [0.3, 0.4) is 0 Å². The van der Waals surface area contributed by atoms with Crippen molar-refractivity contribution in [1.82, 2.24) is 10.6 Å². The predicted molar refractivity (Wildman–Crippen MR) is 60.2 cm³/mol. The zero-order valence-corrected chi connectivity index (χ0v) is 10.1. The van der Waals surface area contributed by atoms with Crippen LogP contribution in [0.25, 0.3) is 0 Å². The van der Waals surface area contributed by atoms with Crippen LogP contribution in [0.4, 0.5) is 0 Å². The summed E-state index contributed by atoms with van der Waals surface area (Å²) in [6, 6.07) is 2.54. The molecule has 0 rings (SSSR count). The van der Waals surface area contributed by atoms with E-state index < -0.39 is 5.41 Å². The van der Waals surface area contributed by atoms with Crippen LogP contribution in [0, 0.1) is 16.7 Å². The topological polar surface area (TPSA) is 64.9 Å². The van der Waals surface area contributed by atoms with Crippen LogP contribution >= 0.6 is 0 Å². The lowest BCUT2D eigenvalue weighted by Crippen LogP contribution is -2.35. The first-order chi connectivity index (χ1) is 6.87. The van der Waals surface area contributed by atoms with Gasteiger partial charge in [0, 0.05) is 25.6 Å². The molecule has 1 amide bonds. The Labute approximate surface area is 92.0 Å². The van der Waals surface area contributed by atoms with Gasteiger partial charge in [0.1, 0.15) is 0 Å². The molecule has 2 N–H and O–H groups in total. The van der Waals surface area contributed by atoms with Crippen molar-refractivity contribution in [2.45, 2.75) is 40.2 Å². The summed E-state index contributed by atoms with van der Waals surface area (Å²) in [6.45, 7) is 8.77. The van der Waals surface area contributed by atoms with Crippen molar-refractivity contribution >= 4 is 5.91 Å². The molecule has 4 nitrogen and oxygen atoms in total. The van der Waals surface area contributed by atoms with Crippen molar-refractivity contribution in [2.75, 3.05) is 13.1 Å². The maximum atomic E-state index is 11.3. The van der Waals surface area contributed by atoms with Gasteiger partial charge in [0.15, 0.2) is 0 Å². The Morgan fingerprint density at radius 3 is 2.53 bits per heavy atom. The Hall–Kier alpha value is -1.08. The predicted octanol–water partition coefficient (Wildman–Crippen LogP) is 1.04. The molecule has 0 aromatic heterocycles. The minimum atomic E-state index is -0.485. The van der Waals surface area contributed by atoms with Gasteiger partial charge in [-0.3, -0.25) is 4.79 Å². The molecule has 0 saturated carbocycles. The molecule has 0 unspecified atom stereocenters. The van der Waals surface area contributed by atoms with E-state index in [0.717, 1.165) is 0 Å². The zero-order chi connectivity index (χ0) is 11.9. The molecule has 0 aliphatic rings. The second kappa shape index (κ2) is 6.41. The van der Waals surface area contributed by atoms with Crippen molar-refractivity contribution in [2.24, 2.45) is 5.41 Å². The normalized spacial score (nSPS) is 11.2. The number of rotatable bonds is 6. The summed E-state index contributed by atoms with van der Waals surface area (Å²) in [5, 5.41) is 14.6. The number of hydrogen-bond acceptors (Lipinski definition) is 3. The smallest absolute Gasteiger partial charge is 0.221 e.